The molecule has 0 unspecified atom stereocenters. The van der Waals surface area contributed by atoms with Gasteiger partial charge in [0, 0.05) is 24.3 Å². The van der Waals surface area contributed by atoms with E-state index in [1.165, 1.54) is 6.33 Å². The summed E-state index contributed by atoms with van der Waals surface area (Å²) in [6.45, 7) is 1.19. The molecular formula is C12H15BrN6O. The lowest BCUT2D eigenvalue weighted by Crippen LogP contribution is -2.12. The van der Waals surface area contributed by atoms with Gasteiger partial charge in [-0.3, -0.25) is 0 Å². The third-order valence-electron chi connectivity index (χ3n) is 2.46. The molecule has 20 heavy (non-hydrogen) atoms. The summed E-state index contributed by atoms with van der Waals surface area (Å²) in [6.07, 6.45) is 3.13. The maximum Gasteiger partial charge on any atom is 0.160 e. The van der Waals surface area contributed by atoms with Gasteiger partial charge in [0.1, 0.15) is 17.8 Å². The Bertz CT molecular complexity index is 562. The van der Waals surface area contributed by atoms with E-state index in [0.29, 0.717) is 36.3 Å². The zero-order chi connectivity index (χ0) is 14.4. The average Bonchev–Trinajstić information content (AvgIpc) is 2.45. The number of nitrogen functional groups attached to an aromatic ring is 1. The van der Waals surface area contributed by atoms with Gasteiger partial charge in [-0.05, 0) is 28.1 Å². The summed E-state index contributed by atoms with van der Waals surface area (Å²) in [5, 5.41) is 6.13. The first-order chi connectivity index (χ1) is 9.70. The van der Waals surface area contributed by atoms with Crippen LogP contribution in [-0.2, 0) is 4.74 Å². The number of methoxy groups -OCH3 is 1. The first-order valence-electron chi connectivity index (χ1n) is 5.92. The molecule has 0 aliphatic rings. The number of ether oxygens (including phenoxy) is 1. The van der Waals surface area contributed by atoms with E-state index < -0.39 is 0 Å². The highest BCUT2D eigenvalue weighted by atomic mass is 79.9. The summed E-state index contributed by atoms with van der Waals surface area (Å²) in [5.41, 5.74) is 6.45. The zero-order valence-corrected chi connectivity index (χ0v) is 12.5. The number of nitrogens with one attached hydrogen (secondary N) is 2. The molecule has 2 heterocycles. The molecule has 4 N–H and O–H groups in total. The van der Waals surface area contributed by atoms with Gasteiger partial charge in [0.05, 0.1) is 6.61 Å². The van der Waals surface area contributed by atoms with Crippen molar-refractivity contribution in [3.8, 4) is 0 Å². The molecule has 0 fully saturated rings. The molecule has 0 aromatic carbocycles. The third-order valence-corrected chi connectivity index (χ3v) is 2.93. The highest BCUT2D eigenvalue weighted by Gasteiger charge is 2.08. The molecule has 106 valence electrons. The molecule has 0 spiro atoms. The van der Waals surface area contributed by atoms with Crippen LogP contribution in [0.15, 0.2) is 29.1 Å². The molecule has 0 saturated carbocycles. The van der Waals surface area contributed by atoms with Gasteiger partial charge in [0.25, 0.3) is 0 Å². The van der Waals surface area contributed by atoms with E-state index in [9.17, 15) is 0 Å². The molecule has 2 aromatic heterocycles. The molecule has 0 saturated heterocycles. The van der Waals surface area contributed by atoms with E-state index in [4.69, 9.17) is 10.5 Å². The van der Waals surface area contributed by atoms with Crippen molar-refractivity contribution in [2.45, 2.75) is 0 Å². The molecule has 8 heteroatoms. The molecule has 0 amide bonds. The Balaban J connectivity index is 2.11. The van der Waals surface area contributed by atoms with Crippen molar-refractivity contribution < 1.29 is 4.74 Å². The van der Waals surface area contributed by atoms with Crippen molar-refractivity contribution in [2.24, 2.45) is 0 Å². The van der Waals surface area contributed by atoms with E-state index in [0.717, 1.165) is 4.47 Å². The van der Waals surface area contributed by atoms with Gasteiger partial charge in [-0.15, -0.1) is 0 Å². The second-order valence-corrected chi connectivity index (χ2v) is 4.81. The molecule has 0 radical (unpaired) electrons. The summed E-state index contributed by atoms with van der Waals surface area (Å²) < 4.78 is 5.87. The minimum atomic E-state index is 0.438. The first kappa shape index (κ1) is 14.5. The van der Waals surface area contributed by atoms with Crippen LogP contribution in [-0.4, -0.2) is 35.2 Å². The lowest BCUT2D eigenvalue weighted by Gasteiger charge is -2.11. The van der Waals surface area contributed by atoms with Crippen LogP contribution in [0.2, 0.25) is 0 Å². The monoisotopic (exact) mass is 338 g/mol. The number of rotatable bonds is 6. The van der Waals surface area contributed by atoms with Crippen molar-refractivity contribution in [3.63, 3.8) is 0 Å². The number of nitrogens with two attached hydrogens (primary N) is 1. The number of aromatic nitrogens is 3. The Morgan fingerprint density at radius 3 is 2.75 bits per heavy atom. The topological polar surface area (TPSA) is 98.0 Å². The van der Waals surface area contributed by atoms with E-state index in [1.807, 2.05) is 12.1 Å². The van der Waals surface area contributed by atoms with Crippen molar-refractivity contribution in [3.05, 3.63) is 29.1 Å². The fraction of sp³-hybridized carbons (Fsp3) is 0.250. The Morgan fingerprint density at radius 1 is 1.25 bits per heavy atom. The maximum atomic E-state index is 6.02. The van der Waals surface area contributed by atoms with Crippen LogP contribution in [0.3, 0.4) is 0 Å². The molecular weight excluding hydrogens is 324 g/mol. The minimum Gasteiger partial charge on any atom is -0.393 e. The van der Waals surface area contributed by atoms with Crippen LogP contribution in [0.4, 0.5) is 23.1 Å². The van der Waals surface area contributed by atoms with Gasteiger partial charge in [0.15, 0.2) is 11.6 Å². The summed E-state index contributed by atoms with van der Waals surface area (Å²) in [4.78, 5) is 12.4. The van der Waals surface area contributed by atoms with E-state index >= 15 is 0 Å². The van der Waals surface area contributed by atoms with E-state index in [1.54, 1.807) is 13.3 Å². The predicted octanol–water partition coefficient (Wildman–Crippen LogP) is 2.02. The Morgan fingerprint density at radius 2 is 2.05 bits per heavy atom. The number of pyridine rings is 1. The molecule has 2 rings (SSSR count). The third kappa shape index (κ3) is 3.78. The molecule has 0 aliphatic carbocycles. The van der Waals surface area contributed by atoms with Gasteiger partial charge in [-0.25, -0.2) is 15.0 Å². The summed E-state index contributed by atoms with van der Waals surface area (Å²) >= 11 is 3.33. The zero-order valence-electron chi connectivity index (χ0n) is 10.9. The van der Waals surface area contributed by atoms with Crippen molar-refractivity contribution >= 4 is 39.1 Å². The fourth-order valence-corrected chi connectivity index (χ4v) is 1.71. The van der Waals surface area contributed by atoms with Crippen molar-refractivity contribution in [1.29, 1.82) is 0 Å². The predicted molar refractivity (Wildman–Crippen MR) is 82.0 cm³/mol. The molecule has 7 nitrogen and oxygen atoms in total. The van der Waals surface area contributed by atoms with E-state index in [-0.39, 0.29) is 0 Å². The van der Waals surface area contributed by atoms with Gasteiger partial charge < -0.3 is 21.1 Å². The highest BCUT2D eigenvalue weighted by Crippen LogP contribution is 2.25. The van der Waals surface area contributed by atoms with Crippen LogP contribution < -0.4 is 16.4 Å². The van der Waals surface area contributed by atoms with Gasteiger partial charge in [-0.1, -0.05) is 0 Å². The maximum absolute atomic E-state index is 6.02. The standard InChI is InChI=1S/C12H15BrN6O/c1-20-5-4-15-11-10(14)12(18-7-17-11)19-9-3-2-8(13)6-16-9/h2-3,6-7H,4-5,14H2,1H3,(H2,15,16,17,18,19). The Hall–Kier alpha value is -1.93. The lowest BCUT2D eigenvalue weighted by molar-refractivity contribution is 0.210. The number of halogens is 1. The summed E-state index contributed by atoms with van der Waals surface area (Å²) in [6, 6.07) is 3.70. The van der Waals surface area contributed by atoms with Crippen molar-refractivity contribution in [1.82, 2.24) is 15.0 Å². The Kier molecular flexibility index (Phi) is 5.08. The van der Waals surface area contributed by atoms with Gasteiger partial charge in [0.2, 0.25) is 0 Å². The van der Waals surface area contributed by atoms with Crippen molar-refractivity contribution in [2.75, 3.05) is 36.6 Å². The lowest BCUT2D eigenvalue weighted by atomic mass is 10.4. The first-order valence-corrected chi connectivity index (χ1v) is 6.72. The molecule has 0 atom stereocenters. The number of nitrogens with zero attached hydrogens (tertiary/aromatic N) is 3. The summed E-state index contributed by atoms with van der Waals surface area (Å²) in [7, 11) is 1.64. The second-order valence-electron chi connectivity index (χ2n) is 3.89. The second kappa shape index (κ2) is 7.01. The van der Waals surface area contributed by atoms with Gasteiger partial charge in [-0.2, -0.15) is 0 Å². The summed E-state index contributed by atoms with van der Waals surface area (Å²) in [5.74, 6) is 1.73. The molecule has 2 aromatic rings. The number of hydrogen-bond donors (Lipinski definition) is 3. The largest absolute Gasteiger partial charge is 0.393 e. The Labute approximate surface area is 125 Å². The highest BCUT2D eigenvalue weighted by molar-refractivity contribution is 9.10. The van der Waals surface area contributed by atoms with Crippen LogP contribution in [0.5, 0.6) is 0 Å². The molecule has 0 bridgehead atoms. The quantitative estimate of drug-likeness (QED) is 0.693. The molecule has 0 aliphatic heterocycles. The van der Waals surface area contributed by atoms with Crippen LogP contribution >= 0.6 is 15.9 Å². The fourth-order valence-electron chi connectivity index (χ4n) is 1.48. The van der Waals surface area contributed by atoms with E-state index in [2.05, 4.69) is 41.5 Å². The smallest absolute Gasteiger partial charge is 0.160 e. The normalized spacial score (nSPS) is 10.3. The average molecular weight is 339 g/mol. The minimum absolute atomic E-state index is 0.438. The SMILES string of the molecule is COCCNc1ncnc(Nc2ccc(Br)cn2)c1N. The number of hydrogen-bond acceptors (Lipinski definition) is 7. The van der Waals surface area contributed by atoms with Crippen LogP contribution in [0.1, 0.15) is 0 Å². The van der Waals surface area contributed by atoms with Crippen LogP contribution in [0, 0.1) is 0 Å². The van der Waals surface area contributed by atoms with Crippen LogP contribution in [0.25, 0.3) is 0 Å². The number of anilines is 4. The van der Waals surface area contributed by atoms with Gasteiger partial charge >= 0.3 is 0 Å².